The SMILES string of the molecule is CCC(C)c1ccc(C(CC)NC(=O)c2ccn(Cn3cccn3)n2)cc1. The predicted molar refractivity (Wildman–Crippen MR) is 105 cm³/mol. The van der Waals surface area contributed by atoms with Gasteiger partial charge in [-0.25, -0.2) is 0 Å². The summed E-state index contributed by atoms with van der Waals surface area (Å²) in [5, 5.41) is 11.6. The van der Waals surface area contributed by atoms with Crippen molar-refractivity contribution in [1.29, 1.82) is 0 Å². The van der Waals surface area contributed by atoms with Gasteiger partial charge < -0.3 is 5.32 Å². The van der Waals surface area contributed by atoms with Gasteiger partial charge in [0.1, 0.15) is 12.4 Å². The zero-order valence-electron chi connectivity index (χ0n) is 16.2. The summed E-state index contributed by atoms with van der Waals surface area (Å²) in [6.07, 6.45) is 7.31. The third-order valence-corrected chi connectivity index (χ3v) is 4.96. The predicted octanol–water partition coefficient (Wildman–Crippen LogP) is 3.98. The molecule has 0 fully saturated rings. The maximum Gasteiger partial charge on any atom is 0.272 e. The molecule has 2 aromatic heterocycles. The Kier molecular flexibility index (Phi) is 6.06. The zero-order chi connectivity index (χ0) is 19.2. The van der Waals surface area contributed by atoms with Crippen LogP contribution in [-0.2, 0) is 6.67 Å². The molecule has 2 heterocycles. The molecule has 0 aliphatic carbocycles. The number of amides is 1. The number of nitrogens with one attached hydrogen (secondary N) is 1. The summed E-state index contributed by atoms with van der Waals surface area (Å²) in [6, 6.07) is 12.1. The van der Waals surface area contributed by atoms with E-state index in [1.54, 1.807) is 27.8 Å². The van der Waals surface area contributed by atoms with E-state index in [-0.39, 0.29) is 11.9 Å². The third-order valence-electron chi connectivity index (χ3n) is 4.96. The summed E-state index contributed by atoms with van der Waals surface area (Å²) in [4.78, 5) is 12.6. The molecule has 1 amide bonds. The Hall–Kier alpha value is -2.89. The molecule has 27 heavy (non-hydrogen) atoms. The van der Waals surface area contributed by atoms with E-state index >= 15 is 0 Å². The molecule has 0 radical (unpaired) electrons. The van der Waals surface area contributed by atoms with Crippen LogP contribution in [0.3, 0.4) is 0 Å². The molecule has 2 unspecified atom stereocenters. The van der Waals surface area contributed by atoms with Crippen molar-refractivity contribution in [3.63, 3.8) is 0 Å². The first-order valence-corrected chi connectivity index (χ1v) is 9.52. The van der Waals surface area contributed by atoms with Crippen LogP contribution in [0.1, 0.15) is 67.2 Å². The molecule has 1 aromatic carbocycles. The van der Waals surface area contributed by atoms with E-state index in [1.165, 1.54) is 5.56 Å². The molecule has 2 atom stereocenters. The molecule has 3 rings (SSSR count). The lowest BCUT2D eigenvalue weighted by Gasteiger charge is -2.18. The van der Waals surface area contributed by atoms with E-state index in [1.807, 2.05) is 12.3 Å². The number of carbonyl (C=O) groups excluding carboxylic acids is 1. The number of benzene rings is 1. The van der Waals surface area contributed by atoms with E-state index in [9.17, 15) is 4.79 Å². The summed E-state index contributed by atoms with van der Waals surface area (Å²) >= 11 is 0. The largest absolute Gasteiger partial charge is 0.344 e. The number of hydrogen-bond acceptors (Lipinski definition) is 3. The molecule has 0 spiro atoms. The first-order valence-electron chi connectivity index (χ1n) is 9.52. The average Bonchev–Trinajstić information content (AvgIpc) is 3.38. The van der Waals surface area contributed by atoms with Gasteiger partial charge in [-0.05, 0) is 42.0 Å². The fourth-order valence-corrected chi connectivity index (χ4v) is 3.04. The van der Waals surface area contributed by atoms with Crippen molar-refractivity contribution in [2.24, 2.45) is 0 Å². The molecular formula is C21H27N5O. The molecule has 0 saturated carbocycles. The van der Waals surface area contributed by atoms with Crippen LogP contribution in [0.5, 0.6) is 0 Å². The van der Waals surface area contributed by atoms with E-state index in [2.05, 4.69) is 60.6 Å². The van der Waals surface area contributed by atoms with E-state index < -0.39 is 0 Å². The maximum absolute atomic E-state index is 12.6. The molecule has 3 aromatic rings. The summed E-state index contributed by atoms with van der Waals surface area (Å²) in [6.45, 7) is 6.98. The van der Waals surface area contributed by atoms with Gasteiger partial charge in [-0.3, -0.25) is 14.2 Å². The molecule has 142 valence electrons. The molecule has 6 heteroatoms. The van der Waals surface area contributed by atoms with Gasteiger partial charge >= 0.3 is 0 Å². The van der Waals surface area contributed by atoms with Crippen LogP contribution in [0.4, 0.5) is 0 Å². The van der Waals surface area contributed by atoms with Gasteiger partial charge in [-0.15, -0.1) is 0 Å². The van der Waals surface area contributed by atoms with Crippen LogP contribution in [0.25, 0.3) is 0 Å². The molecule has 1 N–H and O–H groups in total. The molecule has 0 aliphatic rings. The average molecular weight is 365 g/mol. The van der Waals surface area contributed by atoms with Gasteiger partial charge in [0.05, 0.1) is 6.04 Å². The van der Waals surface area contributed by atoms with Crippen LogP contribution in [0.15, 0.2) is 55.0 Å². The highest BCUT2D eigenvalue weighted by Crippen LogP contribution is 2.23. The molecule has 0 saturated heterocycles. The minimum absolute atomic E-state index is 0.0280. The van der Waals surface area contributed by atoms with Crippen LogP contribution in [0.2, 0.25) is 0 Å². The lowest BCUT2D eigenvalue weighted by Crippen LogP contribution is -2.28. The number of rotatable bonds is 8. The van der Waals surface area contributed by atoms with Gasteiger partial charge in [-0.2, -0.15) is 10.2 Å². The zero-order valence-corrected chi connectivity index (χ0v) is 16.2. The highest BCUT2D eigenvalue weighted by molar-refractivity contribution is 5.92. The Balaban J connectivity index is 1.65. The van der Waals surface area contributed by atoms with Crippen molar-refractivity contribution >= 4 is 5.91 Å². The van der Waals surface area contributed by atoms with Crippen LogP contribution >= 0.6 is 0 Å². The standard InChI is InChI=1S/C21H27N5O/c1-4-16(3)17-7-9-18(10-8-17)19(5-2)23-21(27)20-11-14-26(24-20)15-25-13-6-12-22-25/h6-14,16,19H,4-5,15H2,1-3H3,(H,23,27). The highest BCUT2D eigenvalue weighted by Gasteiger charge is 2.16. The van der Waals surface area contributed by atoms with Gasteiger partial charge in [0, 0.05) is 18.6 Å². The Labute approximate surface area is 160 Å². The third kappa shape index (κ3) is 4.64. The Morgan fingerprint density at radius 2 is 1.78 bits per heavy atom. The van der Waals surface area contributed by atoms with E-state index in [0.717, 1.165) is 18.4 Å². The number of aromatic nitrogens is 4. The van der Waals surface area contributed by atoms with Crippen LogP contribution < -0.4 is 5.32 Å². The summed E-state index contributed by atoms with van der Waals surface area (Å²) in [5.41, 5.74) is 2.87. The summed E-state index contributed by atoms with van der Waals surface area (Å²) in [7, 11) is 0. The maximum atomic E-state index is 12.6. The Bertz CT molecular complexity index is 851. The Morgan fingerprint density at radius 3 is 2.41 bits per heavy atom. The summed E-state index contributed by atoms with van der Waals surface area (Å²) < 4.78 is 3.45. The van der Waals surface area contributed by atoms with Gasteiger partial charge in [0.25, 0.3) is 5.91 Å². The second-order valence-electron chi connectivity index (χ2n) is 6.84. The smallest absolute Gasteiger partial charge is 0.272 e. The van der Waals surface area contributed by atoms with Crippen molar-refractivity contribution < 1.29 is 4.79 Å². The second-order valence-corrected chi connectivity index (χ2v) is 6.84. The quantitative estimate of drug-likeness (QED) is 0.657. The van der Waals surface area contributed by atoms with Gasteiger partial charge in [-0.1, -0.05) is 45.0 Å². The topological polar surface area (TPSA) is 64.7 Å². The first kappa shape index (κ1) is 18.9. The lowest BCUT2D eigenvalue weighted by atomic mass is 9.95. The fraction of sp³-hybridized carbons (Fsp3) is 0.381. The van der Waals surface area contributed by atoms with Gasteiger partial charge in [0.15, 0.2) is 0 Å². The monoisotopic (exact) mass is 365 g/mol. The fourth-order valence-electron chi connectivity index (χ4n) is 3.04. The summed E-state index contributed by atoms with van der Waals surface area (Å²) in [5.74, 6) is 0.388. The van der Waals surface area contributed by atoms with Crippen molar-refractivity contribution in [2.75, 3.05) is 0 Å². The Morgan fingerprint density at radius 1 is 1.04 bits per heavy atom. The lowest BCUT2D eigenvalue weighted by molar-refractivity contribution is 0.0929. The molecule has 0 bridgehead atoms. The van der Waals surface area contributed by atoms with Crippen molar-refractivity contribution in [3.8, 4) is 0 Å². The normalized spacial score (nSPS) is 13.3. The van der Waals surface area contributed by atoms with E-state index in [0.29, 0.717) is 18.3 Å². The number of nitrogens with zero attached hydrogens (tertiary/aromatic N) is 4. The highest BCUT2D eigenvalue weighted by atomic mass is 16.2. The minimum Gasteiger partial charge on any atom is -0.344 e. The molecular weight excluding hydrogens is 338 g/mol. The second kappa shape index (κ2) is 8.66. The van der Waals surface area contributed by atoms with Crippen molar-refractivity contribution in [2.45, 2.75) is 52.2 Å². The number of hydrogen-bond donors (Lipinski definition) is 1. The number of carbonyl (C=O) groups is 1. The minimum atomic E-state index is -0.160. The molecule has 0 aliphatic heterocycles. The van der Waals surface area contributed by atoms with Gasteiger partial charge in [0.2, 0.25) is 0 Å². The molecule has 6 nitrogen and oxygen atoms in total. The van der Waals surface area contributed by atoms with Crippen molar-refractivity contribution in [3.05, 3.63) is 71.8 Å². The van der Waals surface area contributed by atoms with Crippen LogP contribution in [0, 0.1) is 0 Å². The first-order chi connectivity index (χ1) is 13.1. The van der Waals surface area contributed by atoms with Crippen LogP contribution in [-0.4, -0.2) is 25.5 Å². The van der Waals surface area contributed by atoms with E-state index in [4.69, 9.17) is 0 Å². The van der Waals surface area contributed by atoms with Crippen molar-refractivity contribution in [1.82, 2.24) is 24.9 Å².